The van der Waals surface area contributed by atoms with Crippen molar-refractivity contribution in [3.05, 3.63) is 58.6 Å². The second-order valence-electron chi connectivity index (χ2n) is 6.10. The fraction of sp³-hybridized carbons (Fsp3) is 0.235. The maximum Gasteiger partial charge on any atom is 0.411 e. The fourth-order valence-electron chi connectivity index (χ4n) is 2.39. The first-order valence-electron chi connectivity index (χ1n) is 8.39. The molecule has 7 nitrogen and oxygen atoms in total. The van der Waals surface area contributed by atoms with Crippen molar-refractivity contribution in [1.29, 1.82) is 0 Å². The Morgan fingerprint density at radius 1 is 1.07 bits per heavy atom. The summed E-state index contributed by atoms with van der Waals surface area (Å²) in [6, 6.07) is 5.23. The summed E-state index contributed by atoms with van der Waals surface area (Å²) in [7, 11) is 0. The van der Waals surface area contributed by atoms with Crippen molar-refractivity contribution in [2.75, 3.05) is 17.2 Å². The molecule has 0 saturated carbocycles. The number of hydrogen-bond donors (Lipinski definition) is 2. The molecule has 0 atom stereocenters. The van der Waals surface area contributed by atoms with E-state index in [2.05, 4.69) is 25.6 Å². The number of benzene rings is 1. The topological polar surface area (TPSA) is 68.9 Å². The zero-order chi connectivity index (χ0) is 21.7. The van der Waals surface area contributed by atoms with Crippen LogP contribution in [0, 0.1) is 0 Å². The van der Waals surface area contributed by atoms with Crippen molar-refractivity contribution in [2.45, 2.75) is 19.5 Å². The zero-order valence-electron chi connectivity index (χ0n) is 15.2. The molecule has 2 aromatic heterocycles. The second kappa shape index (κ2) is 9.65. The third-order valence-electron chi connectivity index (χ3n) is 3.62. The molecule has 0 unspecified atom stereocenters. The van der Waals surface area contributed by atoms with E-state index in [0.717, 1.165) is 5.56 Å². The van der Waals surface area contributed by atoms with Crippen LogP contribution in [-0.4, -0.2) is 37.5 Å². The molecule has 0 bridgehead atoms. The van der Waals surface area contributed by atoms with Crippen LogP contribution in [0.4, 0.5) is 24.5 Å². The molecule has 2 heterocycles. The van der Waals surface area contributed by atoms with E-state index >= 15 is 0 Å². The van der Waals surface area contributed by atoms with Gasteiger partial charge in [-0.05, 0) is 29.9 Å². The quantitative estimate of drug-likeness (QED) is 0.476. The maximum atomic E-state index is 12.1. The van der Waals surface area contributed by atoms with Crippen LogP contribution < -0.4 is 10.6 Å². The smallest absolute Gasteiger partial charge is 0.350 e. The third kappa shape index (κ3) is 6.87. The lowest BCUT2D eigenvalue weighted by Crippen LogP contribution is -2.19. The Balaban J connectivity index is 1.50. The fourth-order valence-corrected chi connectivity index (χ4v) is 3.09. The predicted octanol–water partition coefficient (Wildman–Crippen LogP) is 4.78. The van der Waals surface area contributed by atoms with Crippen LogP contribution in [0.25, 0.3) is 0 Å². The number of alkyl halides is 3. The van der Waals surface area contributed by atoms with E-state index in [9.17, 15) is 13.2 Å². The number of aromatic nitrogens is 4. The summed E-state index contributed by atoms with van der Waals surface area (Å²) in [5, 5.41) is 15.3. The average Bonchev–Trinajstić information content (AvgIpc) is 3.26. The Morgan fingerprint density at radius 2 is 1.70 bits per heavy atom. The van der Waals surface area contributed by atoms with Gasteiger partial charge in [-0.15, -0.1) is 0 Å². The molecule has 30 heavy (non-hydrogen) atoms. The second-order valence-corrected chi connectivity index (χ2v) is 7.35. The monoisotopic (exact) mass is 478 g/mol. The Morgan fingerprint density at radius 3 is 2.33 bits per heavy atom. The first-order chi connectivity index (χ1) is 14.2. The van der Waals surface area contributed by atoms with Gasteiger partial charge in [-0.2, -0.15) is 23.4 Å². The van der Waals surface area contributed by atoms with Gasteiger partial charge in [0.1, 0.15) is 13.3 Å². The molecule has 3 aromatic rings. The largest absolute Gasteiger partial charge is 0.411 e. The number of halogens is 5. The molecule has 0 spiro atoms. The molecular formula is C17H15Cl2F3N6OS. The summed E-state index contributed by atoms with van der Waals surface area (Å²) < 4.78 is 43.7. The molecule has 1 aromatic carbocycles. The number of nitrogens with one attached hydrogen (secondary N) is 2. The van der Waals surface area contributed by atoms with E-state index in [0.29, 0.717) is 28.0 Å². The van der Waals surface area contributed by atoms with Crippen LogP contribution in [0.1, 0.15) is 5.56 Å². The standard InChI is InChI=1S/C17H15Cl2F3N6OS/c18-12-2-1-11(15(19)3-12)6-27-7-13(4-23-27)25-16(30)26-14-5-24-28(8-14)10-29-9-17(20,21)22/h1-5,7-8H,6,9-10H2,(H2,25,26,30). The van der Waals surface area contributed by atoms with Crippen LogP contribution in [0.3, 0.4) is 0 Å². The van der Waals surface area contributed by atoms with Gasteiger partial charge < -0.3 is 15.4 Å². The van der Waals surface area contributed by atoms with Gasteiger partial charge in [0.05, 0.1) is 36.5 Å². The molecule has 0 aliphatic carbocycles. The van der Waals surface area contributed by atoms with Crippen molar-refractivity contribution in [1.82, 2.24) is 19.6 Å². The van der Waals surface area contributed by atoms with E-state index in [1.165, 1.54) is 17.1 Å². The highest BCUT2D eigenvalue weighted by Crippen LogP contribution is 2.22. The highest BCUT2D eigenvalue weighted by atomic mass is 35.5. The number of nitrogens with zero attached hydrogens (tertiary/aromatic N) is 4. The van der Waals surface area contributed by atoms with E-state index in [-0.39, 0.29) is 11.8 Å². The van der Waals surface area contributed by atoms with Crippen molar-refractivity contribution >= 4 is 51.9 Å². The summed E-state index contributed by atoms with van der Waals surface area (Å²) in [6.45, 7) is -1.23. The molecule has 0 fully saturated rings. The van der Waals surface area contributed by atoms with E-state index in [1.54, 1.807) is 29.2 Å². The predicted molar refractivity (Wildman–Crippen MR) is 112 cm³/mol. The minimum Gasteiger partial charge on any atom is -0.350 e. The molecule has 0 amide bonds. The minimum atomic E-state index is -4.39. The van der Waals surface area contributed by atoms with Crippen molar-refractivity contribution in [3.63, 3.8) is 0 Å². The van der Waals surface area contributed by atoms with Crippen LogP contribution in [0.2, 0.25) is 10.0 Å². The van der Waals surface area contributed by atoms with Gasteiger partial charge in [0.2, 0.25) is 0 Å². The highest BCUT2D eigenvalue weighted by molar-refractivity contribution is 7.80. The molecule has 0 saturated heterocycles. The summed E-state index contributed by atoms with van der Waals surface area (Å²) >= 11 is 17.3. The molecule has 3 rings (SSSR count). The number of rotatable bonds is 7. The number of thiocarbonyl (C=S) groups is 1. The Hall–Kier alpha value is -2.34. The Kier molecular flexibility index (Phi) is 7.19. The van der Waals surface area contributed by atoms with Crippen LogP contribution in [0.5, 0.6) is 0 Å². The first-order valence-corrected chi connectivity index (χ1v) is 9.56. The number of anilines is 2. The molecule has 2 N–H and O–H groups in total. The lowest BCUT2D eigenvalue weighted by Gasteiger charge is -2.08. The lowest BCUT2D eigenvalue weighted by atomic mass is 10.2. The SMILES string of the molecule is FC(F)(F)COCn1cc(NC(=S)Nc2cnn(Cc3ccc(Cl)cc3Cl)c2)cn1. The molecule has 160 valence electrons. The normalized spacial score (nSPS) is 11.5. The third-order valence-corrected chi connectivity index (χ3v) is 4.41. The van der Waals surface area contributed by atoms with Crippen molar-refractivity contribution < 1.29 is 17.9 Å². The highest BCUT2D eigenvalue weighted by Gasteiger charge is 2.27. The molecule has 0 aliphatic rings. The van der Waals surface area contributed by atoms with E-state index in [1.807, 2.05) is 6.07 Å². The summed E-state index contributed by atoms with van der Waals surface area (Å²) in [5.41, 5.74) is 1.98. The lowest BCUT2D eigenvalue weighted by molar-refractivity contribution is -0.182. The van der Waals surface area contributed by atoms with Crippen molar-refractivity contribution in [3.8, 4) is 0 Å². The Bertz CT molecular complexity index is 1020. The van der Waals surface area contributed by atoms with E-state index in [4.69, 9.17) is 35.4 Å². The van der Waals surface area contributed by atoms with Gasteiger partial charge in [0.25, 0.3) is 0 Å². The molecule has 0 radical (unpaired) electrons. The van der Waals surface area contributed by atoms with Gasteiger partial charge in [0, 0.05) is 16.2 Å². The first kappa shape index (κ1) is 22.3. The van der Waals surface area contributed by atoms with Gasteiger partial charge in [-0.3, -0.25) is 4.68 Å². The van der Waals surface area contributed by atoms with Gasteiger partial charge in [0.15, 0.2) is 5.11 Å². The van der Waals surface area contributed by atoms with E-state index < -0.39 is 12.8 Å². The van der Waals surface area contributed by atoms with Gasteiger partial charge >= 0.3 is 6.18 Å². The minimum absolute atomic E-state index is 0.259. The van der Waals surface area contributed by atoms with Crippen LogP contribution >= 0.6 is 35.4 Å². The van der Waals surface area contributed by atoms with Gasteiger partial charge in [-0.25, -0.2) is 4.68 Å². The van der Waals surface area contributed by atoms with Crippen molar-refractivity contribution in [2.24, 2.45) is 0 Å². The average molecular weight is 479 g/mol. The number of ether oxygens (including phenoxy) is 1. The maximum absolute atomic E-state index is 12.1. The van der Waals surface area contributed by atoms with Crippen LogP contribution in [0.15, 0.2) is 43.0 Å². The molecular weight excluding hydrogens is 464 g/mol. The summed E-state index contributed by atoms with van der Waals surface area (Å²) in [4.78, 5) is 0. The zero-order valence-corrected chi connectivity index (χ0v) is 17.5. The molecule has 13 heteroatoms. The molecule has 0 aliphatic heterocycles. The summed E-state index contributed by atoms with van der Waals surface area (Å²) in [5.74, 6) is 0. The summed E-state index contributed by atoms with van der Waals surface area (Å²) in [6.07, 6.45) is 1.83. The number of hydrogen-bond acceptors (Lipinski definition) is 4. The van der Waals surface area contributed by atoms with Gasteiger partial charge in [-0.1, -0.05) is 29.3 Å². The Labute approximate surface area is 184 Å². The van der Waals surface area contributed by atoms with Crippen LogP contribution in [-0.2, 0) is 18.0 Å².